The van der Waals surface area contributed by atoms with E-state index < -0.39 is 0 Å². The van der Waals surface area contributed by atoms with E-state index in [1.54, 1.807) is 11.3 Å². The molecule has 2 heterocycles. The summed E-state index contributed by atoms with van der Waals surface area (Å²) < 4.78 is 0. The van der Waals surface area contributed by atoms with Gasteiger partial charge in [0, 0.05) is 30.6 Å². The average molecular weight is 258 g/mol. The Labute approximate surface area is 112 Å². The largest absolute Gasteiger partial charge is 0.347 e. The van der Waals surface area contributed by atoms with Gasteiger partial charge in [0.05, 0.1) is 0 Å². The number of nitrogens with zero attached hydrogens (tertiary/aromatic N) is 2. The van der Waals surface area contributed by atoms with Gasteiger partial charge in [-0.3, -0.25) is 0 Å². The number of benzene rings is 1. The highest BCUT2D eigenvalue weighted by Crippen LogP contribution is 2.43. The van der Waals surface area contributed by atoms with Gasteiger partial charge in [-0.1, -0.05) is 44.2 Å². The Balaban J connectivity index is 1.88. The first-order valence-electron chi connectivity index (χ1n) is 6.36. The molecule has 1 aromatic carbocycles. The Kier molecular flexibility index (Phi) is 2.86. The van der Waals surface area contributed by atoms with Crippen molar-refractivity contribution in [3.63, 3.8) is 0 Å². The molecule has 94 valence electrons. The fourth-order valence-corrected chi connectivity index (χ4v) is 3.55. The number of hydrogen-bond acceptors (Lipinski definition) is 3. The molecule has 0 radical (unpaired) electrons. The zero-order valence-corrected chi connectivity index (χ0v) is 11.7. The van der Waals surface area contributed by atoms with Crippen molar-refractivity contribution in [3.05, 3.63) is 47.5 Å². The lowest BCUT2D eigenvalue weighted by Gasteiger charge is -2.25. The molecule has 2 nitrogen and oxygen atoms in total. The highest BCUT2D eigenvalue weighted by atomic mass is 32.1. The molecule has 1 unspecified atom stereocenters. The van der Waals surface area contributed by atoms with Crippen LogP contribution in [0, 0.1) is 5.41 Å². The van der Waals surface area contributed by atoms with E-state index in [4.69, 9.17) is 0 Å². The SMILES string of the molecule is CC1(C)CN(c2nccs2)CC1c1ccccc1. The second-order valence-electron chi connectivity index (χ2n) is 5.65. The Morgan fingerprint density at radius 3 is 2.72 bits per heavy atom. The number of rotatable bonds is 2. The molecule has 1 saturated heterocycles. The minimum absolute atomic E-state index is 0.299. The normalized spacial score (nSPS) is 22.3. The topological polar surface area (TPSA) is 16.1 Å². The Morgan fingerprint density at radius 2 is 2.06 bits per heavy atom. The van der Waals surface area contributed by atoms with Gasteiger partial charge in [0.25, 0.3) is 0 Å². The van der Waals surface area contributed by atoms with Crippen molar-refractivity contribution < 1.29 is 0 Å². The summed E-state index contributed by atoms with van der Waals surface area (Å²) in [5, 5.41) is 3.21. The highest BCUT2D eigenvalue weighted by Gasteiger charge is 2.40. The van der Waals surface area contributed by atoms with Gasteiger partial charge in [0.2, 0.25) is 0 Å². The average Bonchev–Trinajstić information content (AvgIpc) is 2.97. The maximum absolute atomic E-state index is 4.44. The van der Waals surface area contributed by atoms with E-state index in [2.05, 4.69) is 59.4 Å². The quantitative estimate of drug-likeness (QED) is 0.815. The van der Waals surface area contributed by atoms with Crippen LogP contribution in [0.4, 0.5) is 5.13 Å². The molecule has 0 spiro atoms. The van der Waals surface area contributed by atoms with Crippen molar-refractivity contribution in [2.24, 2.45) is 5.41 Å². The molecule has 3 heteroatoms. The number of anilines is 1. The van der Waals surface area contributed by atoms with Gasteiger partial charge in [-0.15, -0.1) is 11.3 Å². The smallest absolute Gasteiger partial charge is 0.185 e. The minimum Gasteiger partial charge on any atom is -0.347 e. The second kappa shape index (κ2) is 4.39. The van der Waals surface area contributed by atoms with Crippen molar-refractivity contribution in [1.82, 2.24) is 4.98 Å². The van der Waals surface area contributed by atoms with Crippen molar-refractivity contribution >= 4 is 16.5 Å². The molecule has 0 saturated carbocycles. The van der Waals surface area contributed by atoms with Gasteiger partial charge < -0.3 is 4.90 Å². The number of hydrogen-bond donors (Lipinski definition) is 0. The monoisotopic (exact) mass is 258 g/mol. The summed E-state index contributed by atoms with van der Waals surface area (Å²) in [4.78, 5) is 6.86. The first kappa shape index (κ1) is 11.7. The summed E-state index contributed by atoms with van der Waals surface area (Å²) in [6.45, 7) is 6.88. The van der Waals surface area contributed by atoms with E-state index in [0.29, 0.717) is 11.3 Å². The fraction of sp³-hybridized carbons (Fsp3) is 0.400. The van der Waals surface area contributed by atoms with E-state index in [9.17, 15) is 0 Å². The summed E-state index contributed by atoms with van der Waals surface area (Å²) in [7, 11) is 0. The molecule has 1 aliphatic rings. The molecule has 0 bridgehead atoms. The Bertz CT molecular complexity index is 505. The third kappa shape index (κ3) is 2.03. The van der Waals surface area contributed by atoms with Crippen LogP contribution in [0.1, 0.15) is 25.3 Å². The zero-order valence-electron chi connectivity index (χ0n) is 10.8. The lowest BCUT2D eigenvalue weighted by Crippen LogP contribution is -2.23. The first-order valence-corrected chi connectivity index (χ1v) is 7.24. The molecule has 1 aromatic heterocycles. The third-order valence-electron chi connectivity index (χ3n) is 3.84. The molecule has 3 rings (SSSR count). The third-order valence-corrected chi connectivity index (χ3v) is 4.67. The Morgan fingerprint density at radius 1 is 1.28 bits per heavy atom. The van der Waals surface area contributed by atoms with Gasteiger partial charge in [0.15, 0.2) is 5.13 Å². The molecule has 1 fully saturated rings. The van der Waals surface area contributed by atoms with Gasteiger partial charge >= 0.3 is 0 Å². The van der Waals surface area contributed by atoms with Gasteiger partial charge in [0.1, 0.15) is 0 Å². The second-order valence-corrected chi connectivity index (χ2v) is 6.52. The van der Waals surface area contributed by atoms with E-state index in [1.165, 1.54) is 5.56 Å². The zero-order chi connectivity index (χ0) is 12.6. The van der Waals surface area contributed by atoms with Crippen LogP contribution in [0.15, 0.2) is 41.9 Å². The summed E-state index contributed by atoms with van der Waals surface area (Å²) in [6.07, 6.45) is 1.89. The number of thiazole rings is 1. The lowest BCUT2D eigenvalue weighted by molar-refractivity contribution is 0.365. The highest BCUT2D eigenvalue weighted by molar-refractivity contribution is 7.13. The van der Waals surface area contributed by atoms with Gasteiger partial charge in [-0.05, 0) is 11.0 Å². The van der Waals surface area contributed by atoms with E-state index in [1.807, 2.05) is 6.20 Å². The summed E-state index contributed by atoms with van der Waals surface area (Å²) in [5.74, 6) is 0.586. The van der Waals surface area contributed by atoms with Crippen LogP contribution in [0.25, 0.3) is 0 Å². The van der Waals surface area contributed by atoms with Crippen molar-refractivity contribution in [2.45, 2.75) is 19.8 Å². The molecule has 2 aromatic rings. The van der Waals surface area contributed by atoms with Crippen LogP contribution in [0.2, 0.25) is 0 Å². The molecule has 1 aliphatic heterocycles. The van der Waals surface area contributed by atoms with Crippen LogP contribution in [-0.4, -0.2) is 18.1 Å². The lowest BCUT2D eigenvalue weighted by atomic mass is 9.78. The maximum Gasteiger partial charge on any atom is 0.185 e. The summed E-state index contributed by atoms with van der Waals surface area (Å²) >= 11 is 1.73. The molecule has 18 heavy (non-hydrogen) atoms. The molecule has 0 aliphatic carbocycles. The van der Waals surface area contributed by atoms with E-state index in [-0.39, 0.29) is 0 Å². The van der Waals surface area contributed by atoms with Crippen molar-refractivity contribution in [3.8, 4) is 0 Å². The van der Waals surface area contributed by atoms with Crippen LogP contribution >= 0.6 is 11.3 Å². The van der Waals surface area contributed by atoms with Crippen LogP contribution in [-0.2, 0) is 0 Å². The molecule has 0 amide bonds. The minimum atomic E-state index is 0.299. The summed E-state index contributed by atoms with van der Waals surface area (Å²) in [5.41, 5.74) is 1.74. The summed E-state index contributed by atoms with van der Waals surface area (Å²) in [6, 6.07) is 10.9. The standard InChI is InChI=1S/C15H18N2S/c1-15(2)11-17(14-16-8-9-18-14)10-13(15)12-6-4-3-5-7-12/h3-9,13H,10-11H2,1-2H3. The number of aromatic nitrogens is 1. The predicted molar refractivity (Wildman–Crippen MR) is 77.3 cm³/mol. The maximum atomic E-state index is 4.44. The van der Waals surface area contributed by atoms with Gasteiger partial charge in [-0.25, -0.2) is 4.98 Å². The predicted octanol–water partition coefficient (Wildman–Crippen LogP) is 3.77. The van der Waals surface area contributed by atoms with Crippen molar-refractivity contribution in [1.29, 1.82) is 0 Å². The molecular formula is C15H18N2S. The van der Waals surface area contributed by atoms with E-state index >= 15 is 0 Å². The first-order chi connectivity index (χ1) is 8.67. The molecular weight excluding hydrogens is 240 g/mol. The molecule has 1 atom stereocenters. The van der Waals surface area contributed by atoms with Gasteiger partial charge in [-0.2, -0.15) is 0 Å². The van der Waals surface area contributed by atoms with Crippen LogP contribution < -0.4 is 4.90 Å². The van der Waals surface area contributed by atoms with Crippen molar-refractivity contribution in [2.75, 3.05) is 18.0 Å². The van der Waals surface area contributed by atoms with E-state index in [0.717, 1.165) is 18.2 Å². The van der Waals surface area contributed by atoms with Crippen LogP contribution in [0.5, 0.6) is 0 Å². The fourth-order valence-electron chi connectivity index (χ4n) is 2.89. The molecule has 0 N–H and O–H groups in total. The Hall–Kier alpha value is -1.35. The van der Waals surface area contributed by atoms with Crippen LogP contribution in [0.3, 0.4) is 0 Å².